The number of nitrogens with zero attached hydrogens (tertiary/aromatic N) is 1. The summed E-state index contributed by atoms with van der Waals surface area (Å²) in [7, 11) is -3.33. The molecule has 0 saturated carbocycles. The SMILES string of the molecule is CC(O)CCCNS(=O)(=O)N1CCCCC1C. The van der Waals surface area contributed by atoms with Crippen molar-refractivity contribution in [3.63, 3.8) is 0 Å². The van der Waals surface area contributed by atoms with Crippen molar-refractivity contribution in [1.82, 2.24) is 9.03 Å². The van der Waals surface area contributed by atoms with Crippen LogP contribution < -0.4 is 4.72 Å². The molecule has 0 aromatic carbocycles. The maximum atomic E-state index is 12.0. The van der Waals surface area contributed by atoms with Crippen LogP contribution in [-0.2, 0) is 10.2 Å². The molecule has 1 saturated heterocycles. The van der Waals surface area contributed by atoms with Gasteiger partial charge < -0.3 is 5.11 Å². The van der Waals surface area contributed by atoms with Gasteiger partial charge in [-0.3, -0.25) is 0 Å². The Labute approximate surface area is 104 Å². The first-order chi connectivity index (χ1) is 7.93. The molecule has 2 N–H and O–H groups in total. The smallest absolute Gasteiger partial charge is 0.279 e. The predicted molar refractivity (Wildman–Crippen MR) is 67.9 cm³/mol. The molecule has 0 amide bonds. The van der Waals surface area contributed by atoms with Crippen LogP contribution in [0.3, 0.4) is 0 Å². The van der Waals surface area contributed by atoms with E-state index < -0.39 is 10.2 Å². The van der Waals surface area contributed by atoms with Crippen molar-refractivity contribution in [2.24, 2.45) is 0 Å². The standard InChI is InChI=1S/C11H24N2O3S/c1-10-6-3-4-9-13(10)17(15,16)12-8-5-7-11(2)14/h10-12,14H,3-9H2,1-2H3. The molecule has 102 valence electrons. The van der Waals surface area contributed by atoms with Crippen LogP contribution in [0.1, 0.15) is 46.0 Å². The topological polar surface area (TPSA) is 69.6 Å². The van der Waals surface area contributed by atoms with Crippen LogP contribution in [0.4, 0.5) is 0 Å². The number of hydrogen-bond acceptors (Lipinski definition) is 3. The zero-order valence-electron chi connectivity index (χ0n) is 10.7. The zero-order valence-corrected chi connectivity index (χ0v) is 11.5. The molecule has 0 aliphatic carbocycles. The second kappa shape index (κ2) is 6.68. The van der Waals surface area contributed by atoms with Crippen LogP contribution in [0.2, 0.25) is 0 Å². The summed E-state index contributed by atoms with van der Waals surface area (Å²) >= 11 is 0. The number of aliphatic hydroxyl groups is 1. The van der Waals surface area contributed by atoms with Crippen LogP contribution in [-0.4, -0.2) is 43.1 Å². The van der Waals surface area contributed by atoms with Gasteiger partial charge in [-0.25, -0.2) is 4.72 Å². The van der Waals surface area contributed by atoms with E-state index >= 15 is 0 Å². The quantitative estimate of drug-likeness (QED) is 0.699. The van der Waals surface area contributed by atoms with E-state index in [1.54, 1.807) is 11.2 Å². The van der Waals surface area contributed by atoms with Crippen LogP contribution in [0.15, 0.2) is 0 Å². The van der Waals surface area contributed by atoms with Gasteiger partial charge in [-0.2, -0.15) is 12.7 Å². The maximum absolute atomic E-state index is 12.0. The fraction of sp³-hybridized carbons (Fsp3) is 1.00. The molecule has 0 spiro atoms. The van der Waals surface area contributed by atoms with E-state index in [9.17, 15) is 8.42 Å². The molecule has 1 aliphatic rings. The lowest BCUT2D eigenvalue weighted by molar-refractivity contribution is 0.182. The lowest BCUT2D eigenvalue weighted by Crippen LogP contribution is -2.48. The Hall–Kier alpha value is -0.170. The van der Waals surface area contributed by atoms with Gasteiger partial charge in [0.25, 0.3) is 10.2 Å². The summed E-state index contributed by atoms with van der Waals surface area (Å²) in [5.74, 6) is 0. The summed E-state index contributed by atoms with van der Waals surface area (Å²) in [4.78, 5) is 0. The summed E-state index contributed by atoms with van der Waals surface area (Å²) in [6.07, 6.45) is 3.91. The number of nitrogens with one attached hydrogen (secondary N) is 1. The Morgan fingerprint density at radius 1 is 1.47 bits per heavy atom. The van der Waals surface area contributed by atoms with Crippen LogP contribution in [0.25, 0.3) is 0 Å². The first kappa shape index (κ1) is 14.9. The minimum atomic E-state index is -3.33. The summed E-state index contributed by atoms with van der Waals surface area (Å²) in [5, 5.41) is 9.08. The molecule has 2 atom stereocenters. The van der Waals surface area contributed by atoms with Crippen molar-refractivity contribution in [2.75, 3.05) is 13.1 Å². The third kappa shape index (κ3) is 4.91. The molecule has 0 aromatic rings. The minimum Gasteiger partial charge on any atom is -0.393 e. The van der Waals surface area contributed by atoms with E-state index in [0.717, 1.165) is 19.3 Å². The lowest BCUT2D eigenvalue weighted by atomic mass is 10.1. The van der Waals surface area contributed by atoms with E-state index in [1.165, 1.54) is 0 Å². The van der Waals surface area contributed by atoms with Gasteiger partial charge in [0, 0.05) is 19.1 Å². The molecule has 1 heterocycles. The van der Waals surface area contributed by atoms with Gasteiger partial charge in [0.15, 0.2) is 0 Å². The largest absolute Gasteiger partial charge is 0.393 e. The molecule has 0 aromatic heterocycles. The summed E-state index contributed by atoms with van der Waals surface area (Å²) in [6.45, 7) is 4.68. The zero-order chi connectivity index (χ0) is 12.9. The van der Waals surface area contributed by atoms with Crippen molar-refractivity contribution in [1.29, 1.82) is 0 Å². The molecule has 1 rings (SSSR count). The molecule has 5 nitrogen and oxygen atoms in total. The Morgan fingerprint density at radius 3 is 2.76 bits per heavy atom. The molecule has 0 radical (unpaired) electrons. The van der Waals surface area contributed by atoms with Crippen LogP contribution in [0, 0.1) is 0 Å². The molecule has 1 fully saturated rings. The van der Waals surface area contributed by atoms with Crippen LogP contribution >= 0.6 is 0 Å². The Morgan fingerprint density at radius 2 is 2.18 bits per heavy atom. The molecular formula is C11H24N2O3S. The van der Waals surface area contributed by atoms with Crippen molar-refractivity contribution < 1.29 is 13.5 Å². The average molecular weight is 264 g/mol. The number of rotatable bonds is 6. The van der Waals surface area contributed by atoms with Gasteiger partial charge in [0.05, 0.1) is 6.10 Å². The molecule has 1 aliphatic heterocycles. The number of aliphatic hydroxyl groups excluding tert-OH is 1. The predicted octanol–water partition coefficient (Wildman–Crippen LogP) is 0.856. The molecule has 0 bridgehead atoms. The molecular weight excluding hydrogens is 240 g/mol. The minimum absolute atomic E-state index is 0.0954. The van der Waals surface area contributed by atoms with Gasteiger partial charge in [-0.1, -0.05) is 6.42 Å². The fourth-order valence-corrected chi connectivity index (χ4v) is 3.63. The van der Waals surface area contributed by atoms with Gasteiger partial charge in [0.1, 0.15) is 0 Å². The Bertz CT molecular complexity index is 317. The second-order valence-corrected chi connectivity index (χ2v) is 6.55. The summed E-state index contributed by atoms with van der Waals surface area (Å²) in [5.41, 5.74) is 0. The van der Waals surface area contributed by atoms with Gasteiger partial charge in [-0.05, 0) is 39.5 Å². The van der Waals surface area contributed by atoms with Crippen molar-refractivity contribution in [2.45, 2.75) is 58.1 Å². The van der Waals surface area contributed by atoms with Crippen LogP contribution in [0.5, 0.6) is 0 Å². The van der Waals surface area contributed by atoms with Gasteiger partial charge >= 0.3 is 0 Å². The van der Waals surface area contributed by atoms with Gasteiger partial charge in [-0.15, -0.1) is 0 Å². The van der Waals surface area contributed by atoms with Crippen molar-refractivity contribution >= 4 is 10.2 Å². The third-order valence-corrected chi connectivity index (χ3v) is 4.86. The molecule has 2 unspecified atom stereocenters. The average Bonchev–Trinajstić information content (AvgIpc) is 2.24. The maximum Gasteiger partial charge on any atom is 0.279 e. The summed E-state index contributed by atoms with van der Waals surface area (Å²) in [6, 6.07) is 0.0954. The first-order valence-corrected chi connectivity index (χ1v) is 7.82. The summed E-state index contributed by atoms with van der Waals surface area (Å²) < 4.78 is 28.1. The third-order valence-electron chi connectivity index (χ3n) is 3.13. The highest BCUT2D eigenvalue weighted by molar-refractivity contribution is 7.87. The van der Waals surface area contributed by atoms with E-state index in [-0.39, 0.29) is 12.1 Å². The highest BCUT2D eigenvalue weighted by atomic mass is 32.2. The van der Waals surface area contributed by atoms with E-state index in [1.807, 2.05) is 6.92 Å². The fourth-order valence-electron chi connectivity index (χ4n) is 2.11. The van der Waals surface area contributed by atoms with Crippen molar-refractivity contribution in [3.05, 3.63) is 0 Å². The Kier molecular flexibility index (Phi) is 5.85. The lowest BCUT2D eigenvalue weighted by Gasteiger charge is -2.32. The Balaban J connectivity index is 2.39. The number of piperidine rings is 1. The first-order valence-electron chi connectivity index (χ1n) is 6.38. The van der Waals surface area contributed by atoms with Crippen molar-refractivity contribution in [3.8, 4) is 0 Å². The normalized spacial score (nSPS) is 24.8. The highest BCUT2D eigenvalue weighted by Crippen LogP contribution is 2.18. The molecule has 17 heavy (non-hydrogen) atoms. The number of hydrogen-bond donors (Lipinski definition) is 2. The van der Waals surface area contributed by atoms with E-state index in [4.69, 9.17) is 5.11 Å². The van der Waals surface area contributed by atoms with Gasteiger partial charge in [0.2, 0.25) is 0 Å². The van der Waals surface area contributed by atoms with E-state index in [2.05, 4.69) is 4.72 Å². The monoisotopic (exact) mass is 264 g/mol. The molecule has 6 heteroatoms. The van der Waals surface area contributed by atoms with E-state index in [0.29, 0.717) is 25.9 Å². The second-order valence-electron chi connectivity index (χ2n) is 4.85. The highest BCUT2D eigenvalue weighted by Gasteiger charge is 2.28.